The number of thiazole rings is 1. The number of rotatable bonds is 7. The number of hydrogen-bond donors (Lipinski definition) is 2. The van der Waals surface area contributed by atoms with E-state index in [0.717, 1.165) is 22.1 Å². The first kappa shape index (κ1) is 14.5. The molecule has 20 heavy (non-hydrogen) atoms. The summed E-state index contributed by atoms with van der Waals surface area (Å²) in [7, 11) is 1.66. The van der Waals surface area contributed by atoms with Gasteiger partial charge in [-0.3, -0.25) is 4.79 Å². The first-order valence-corrected chi connectivity index (χ1v) is 7.07. The second-order valence-electron chi connectivity index (χ2n) is 4.25. The molecule has 2 aromatic rings. The van der Waals surface area contributed by atoms with Gasteiger partial charge in [-0.15, -0.1) is 11.3 Å². The lowest BCUT2D eigenvalue weighted by atomic mass is 10.2. The first-order valence-electron chi connectivity index (χ1n) is 6.19. The Morgan fingerprint density at radius 2 is 2.25 bits per heavy atom. The normalized spacial score (nSPS) is 10.4. The van der Waals surface area contributed by atoms with Crippen molar-refractivity contribution in [1.29, 1.82) is 0 Å². The summed E-state index contributed by atoms with van der Waals surface area (Å²) in [6.45, 7) is 0.528. The number of para-hydroxylation sites is 1. The van der Waals surface area contributed by atoms with E-state index in [1.54, 1.807) is 7.11 Å². The zero-order valence-corrected chi connectivity index (χ0v) is 11.9. The minimum Gasteiger partial charge on any atom is -0.481 e. The molecule has 2 N–H and O–H groups in total. The SMILES string of the molecule is COCc1ccccc1Nc1nc(CCC(=O)O)cs1. The summed E-state index contributed by atoms with van der Waals surface area (Å²) in [6.07, 6.45) is 0.552. The molecule has 0 atom stereocenters. The van der Waals surface area contributed by atoms with Crippen molar-refractivity contribution in [3.8, 4) is 0 Å². The predicted octanol–water partition coefficient (Wildman–Crippen LogP) is 3.05. The van der Waals surface area contributed by atoms with E-state index >= 15 is 0 Å². The highest BCUT2D eigenvalue weighted by Crippen LogP contribution is 2.24. The largest absolute Gasteiger partial charge is 0.481 e. The van der Waals surface area contributed by atoms with E-state index in [0.29, 0.717) is 13.0 Å². The molecular weight excluding hydrogens is 276 g/mol. The topological polar surface area (TPSA) is 71.5 Å². The number of carbonyl (C=O) groups is 1. The Kier molecular flexibility index (Phi) is 5.09. The van der Waals surface area contributed by atoms with E-state index in [-0.39, 0.29) is 6.42 Å². The van der Waals surface area contributed by atoms with Crippen molar-refractivity contribution in [2.24, 2.45) is 0 Å². The maximum absolute atomic E-state index is 10.5. The predicted molar refractivity (Wildman–Crippen MR) is 78.5 cm³/mol. The second-order valence-corrected chi connectivity index (χ2v) is 5.11. The van der Waals surface area contributed by atoms with Crippen LogP contribution in [0.5, 0.6) is 0 Å². The van der Waals surface area contributed by atoms with Crippen LogP contribution in [0.3, 0.4) is 0 Å². The van der Waals surface area contributed by atoms with Gasteiger partial charge in [-0.25, -0.2) is 4.98 Å². The summed E-state index contributed by atoms with van der Waals surface area (Å²) in [5.74, 6) is -0.807. The number of aliphatic carboxylic acids is 1. The maximum Gasteiger partial charge on any atom is 0.303 e. The van der Waals surface area contributed by atoms with Crippen molar-refractivity contribution >= 4 is 28.1 Å². The molecule has 0 unspecified atom stereocenters. The van der Waals surface area contributed by atoms with Crippen molar-refractivity contribution in [2.75, 3.05) is 12.4 Å². The minimum atomic E-state index is -0.807. The summed E-state index contributed by atoms with van der Waals surface area (Å²) in [5.41, 5.74) is 2.80. The third-order valence-corrected chi connectivity index (χ3v) is 3.51. The average molecular weight is 292 g/mol. The number of hydrogen-bond acceptors (Lipinski definition) is 5. The fourth-order valence-electron chi connectivity index (χ4n) is 1.75. The number of carboxylic acids is 1. The molecule has 0 spiro atoms. The molecule has 1 aromatic carbocycles. The molecule has 0 aliphatic rings. The summed E-state index contributed by atoms with van der Waals surface area (Å²) < 4.78 is 5.15. The molecule has 1 heterocycles. The molecule has 106 valence electrons. The highest BCUT2D eigenvalue weighted by Gasteiger charge is 2.07. The number of aromatic nitrogens is 1. The zero-order chi connectivity index (χ0) is 14.4. The van der Waals surface area contributed by atoms with Crippen LogP contribution in [-0.2, 0) is 22.6 Å². The quantitative estimate of drug-likeness (QED) is 0.820. The van der Waals surface area contributed by atoms with Crippen LogP contribution >= 0.6 is 11.3 Å². The van der Waals surface area contributed by atoms with Crippen LogP contribution in [0.1, 0.15) is 17.7 Å². The number of nitrogens with one attached hydrogen (secondary N) is 1. The Morgan fingerprint density at radius 3 is 3.00 bits per heavy atom. The van der Waals surface area contributed by atoms with E-state index in [9.17, 15) is 4.79 Å². The van der Waals surface area contributed by atoms with Crippen molar-refractivity contribution in [2.45, 2.75) is 19.4 Å². The van der Waals surface area contributed by atoms with Gasteiger partial charge in [-0.2, -0.15) is 0 Å². The Hall–Kier alpha value is -1.92. The van der Waals surface area contributed by atoms with Gasteiger partial charge in [0.2, 0.25) is 0 Å². The van der Waals surface area contributed by atoms with Crippen LogP contribution < -0.4 is 5.32 Å². The van der Waals surface area contributed by atoms with Crippen LogP contribution in [0.2, 0.25) is 0 Å². The number of methoxy groups -OCH3 is 1. The number of carboxylic acid groups (broad SMARTS) is 1. The van der Waals surface area contributed by atoms with E-state index < -0.39 is 5.97 Å². The molecule has 0 radical (unpaired) electrons. The molecule has 0 aliphatic heterocycles. The van der Waals surface area contributed by atoms with Crippen molar-refractivity contribution in [1.82, 2.24) is 4.98 Å². The smallest absolute Gasteiger partial charge is 0.303 e. The molecule has 5 nitrogen and oxygen atoms in total. The van der Waals surface area contributed by atoms with Crippen LogP contribution in [0.4, 0.5) is 10.8 Å². The highest BCUT2D eigenvalue weighted by molar-refractivity contribution is 7.13. The summed E-state index contributed by atoms with van der Waals surface area (Å²) in [4.78, 5) is 14.9. The lowest BCUT2D eigenvalue weighted by Crippen LogP contribution is -1.99. The van der Waals surface area contributed by atoms with Crippen LogP contribution in [0.25, 0.3) is 0 Å². The highest BCUT2D eigenvalue weighted by atomic mass is 32.1. The van der Waals surface area contributed by atoms with Crippen LogP contribution in [0.15, 0.2) is 29.6 Å². The maximum atomic E-state index is 10.5. The number of aryl methyl sites for hydroxylation is 1. The molecule has 6 heteroatoms. The molecule has 2 rings (SSSR count). The monoisotopic (exact) mass is 292 g/mol. The van der Waals surface area contributed by atoms with Gasteiger partial charge < -0.3 is 15.2 Å². The number of nitrogens with zero attached hydrogens (tertiary/aromatic N) is 1. The fourth-order valence-corrected chi connectivity index (χ4v) is 2.51. The van der Waals surface area contributed by atoms with Gasteiger partial charge >= 0.3 is 5.97 Å². The molecule has 0 saturated carbocycles. The van der Waals surface area contributed by atoms with Gasteiger partial charge in [0.1, 0.15) is 0 Å². The summed E-state index contributed by atoms with van der Waals surface area (Å²) >= 11 is 1.47. The van der Waals surface area contributed by atoms with E-state index in [4.69, 9.17) is 9.84 Å². The molecule has 0 aliphatic carbocycles. The minimum absolute atomic E-state index is 0.101. The average Bonchev–Trinajstić information content (AvgIpc) is 2.87. The number of ether oxygens (including phenoxy) is 1. The Bertz CT molecular complexity index is 583. The number of benzene rings is 1. The van der Waals surface area contributed by atoms with Gasteiger partial charge in [-0.05, 0) is 6.07 Å². The first-order chi connectivity index (χ1) is 9.69. The van der Waals surface area contributed by atoms with Crippen LogP contribution in [-0.4, -0.2) is 23.2 Å². The fraction of sp³-hybridized carbons (Fsp3) is 0.286. The second kappa shape index (κ2) is 7.02. The number of anilines is 2. The Morgan fingerprint density at radius 1 is 1.45 bits per heavy atom. The van der Waals surface area contributed by atoms with Gasteiger partial charge in [0.15, 0.2) is 5.13 Å². The van der Waals surface area contributed by atoms with E-state index in [1.807, 2.05) is 29.6 Å². The van der Waals surface area contributed by atoms with Gasteiger partial charge in [-0.1, -0.05) is 18.2 Å². The van der Waals surface area contributed by atoms with Crippen LogP contribution in [0, 0.1) is 0 Å². The van der Waals surface area contributed by atoms with Crippen molar-refractivity contribution < 1.29 is 14.6 Å². The third-order valence-electron chi connectivity index (χ3n) is 2.71. The lowest BCUT2D eigenvalue weighted by Gasteiger charge is -2.08. The summed E-state index contributed by atoms with van der Waals surface area (Å²) in [6, 6.07) is 7.86. The van der Waals surface area contributed by atoms with Gasteiger partial charge in [0, 0.05) is 30.2 Å². The van der Waals surface area contributed by atoms with Crippen molar-refractivity contribution in [3.05, 3.63) is 40.9 Å². The van der Waals surface area contributed by atoms with Crippen molar-refractivity contribution in [3.63, 3.8) is 0 Å². The molecule has 0 bridgehead atoms. The standard InChI is InChI=1S/C14H16N2O3S/c1-19-8-10-4-2-3-5-12(10)16-14-15-11(9-20-14)6-7-13(17)18/h2-5,9H,6-8H2,1H3,(H,15,16)(H,17,18). The molecule has 0 saturated heterocycles. The molecule has 0 amide bonds. The molecule has 0 fully saturated rings. The van der Waals surface area contributed by atoms with Gasteiger partial charge in [0.25, 0.3) is 0 Å². The molecule has 1 aromatic heterocycles. The van der Waals surface area contributed by atoms with E-state index in [1.165, 1.54) is 11.3 Å². The Balaban J connectivity index is 2.05. The third kappa shape index (κ3) is 4.04. The summed E-state index contributed by atoms with van der Waals surface area (Å²) in [5, 5.41) is 14.5. The molecular formula is C14H16N2O3S. The lowest BCUT2D eigenvalue weighted by molar-refractivity contribution is -0.136. The van der Waals surface area contributed by atoms with Gasteiger partial charge in [0.05, 0.1) is 18.7 Å². The van der Waals surface area contributed by atoms with E-state index in [2.05, 4.69) is 10.3 Å². The zero-order valence-electron chi connectivity index (χ0n) is 11.1. The Labute approximate surface area is 121 Å².